The predicted molar refractivity (Wildman–Crippen MR) is 81.0 cm³/mol. The molecule has 1 unspecified atom stereocenters. The Morgan fingerprint density at radius 2 is 2.45 bits per heavy atom. The molecule has 2 amide bonds. The van der Waals surface area contributed by atoms with Crippen LogP contribution in [-0.4, -0.2) is 60.3 Å². The molecule has 2 heterocycles. The van der Waals surface area contributed by atoms with Gasteiger partial charge in [-0.25, -0.2) is 4.79 Å². The number of aliphatic hydroxyl groups is 1. The number of hydrogen-bond donors (Lipinski definition) is 2. The standard InChI is InChI=1S/C14H23N3O2S/c1-11(9-15-14(19)16(2)6-7-18)17-5-3-13-12(10-17)4-8-20-13/h4,8,11,18H,3,5-7,9-10H2,1-2H3,(H,15,19). The lowest BCUT2D eigenvalue weighted by Gasteiger charge is -2.32. The first-order valence-electron chi connectivity index (χ1n) is 7.01. The third kappa shape index (κ3) is 3.71. The number of hydrogen-bond acceptors (Lipinski definition) is 4. The molecular weight excluding hydrogens is 274 g/mol. The van der Waals surface area contributed by atoms with Gasteiger partial charge in [-0.3, -0.25) is 4.90 Å². The number of aliphatic hydroxyl groups excluding tert-OH is 1. The van der Waals surface area contributed by atoms with Crippen molar-refractivity contribution < 1.29 is 9.90 Å². The van der Waals surface area contributed by atoms with Gasteiger partial charge in [0, 0.05) is 44.1 Å². The Hall–Kier alpha value is -1.11. The molecule has 0 bridgehead atoms. The minimum absolute atomic E-state index is 0.00741. The zero-order chi connectivity index (χ0) is 14.5. The number of carbonyl (C=O) groups is 1. The second kappa shape index (κ2) is 7.06. The molecular formula is C14H23N3O2S. The number of nitrogens with zero attached hydrogens (tertiary/aromatic N) is 2. The van der Waals surface area contributed by atoms with Crippen molar-refractivity contribution in [3.63, 3.8) is 0 Å². The Kier molecular flexibility index (Phi) is 5.39. The molecule has 112 valence electrons. The van der Waals surface area contributed by atoms with Crippen molar-refractivity contribution >= 4 is 17.4 Å². The molecule has 1 aromatic heterocycles. The van der Waals surface area contributed by atoms with E-state index in [0.29, 0.717) is 19.1 Å². The van der Waals surface area contributed by atoms with Gasteiger partial charge in [0.15, 0.2) is 0 Å². The highest BCUT2D eigenvalue weighted by Gasteiger charge is 2.21. The number of amides is 2. The van der Waals surface area contributed by atoms with Crippen LogP contribution in [0.2, 0.25) is 0 Å². The van der Waals surface area contributed by atoms with E-state index in [-0.39, 0.29) is 12.6 Å². The molecule has 1 aliphatic rings. The number of carbonyl (C=O) groups excluding carboxylic acids is 1. The molecule has 5 nitrogen and oxygen atoms in total. The largest absolute Gasteiger partial charge is 0.395 e. The fourth-order valence-electron chi connectivity index (χ4n) is 2.40. The molecule has 0 saturated carbocycles. The summed E-state index contributed by atoms with van der Waals surface area (Å²) in [4.78, 5) is 17.2. The number of urea groups is 1. The monoisotopic (exact) mass is 297 g/mol. The van der Waals surface area contributed by atoms with Gasteiger partial charge in [-0.1, -0.05) is 0 Å². The van der Waals surface area contributed by atoms with Crippen LogP contribution in [0, 0.1) is 0 Å². The van der Waals surface area contributed by atoms with Gasteiger partial charge in [-0.15, -0.1) is 11.3 Å². The summed E-state index contributed by atoms with van der Waals surface area (Å²) in [5, 5.41) is 13.9. The van der Waals surface area contributed by atoms with Crippen molar-refractivity contribution in [2.24, 2.45) is 0 Å². The van der Waals surface area contributed by atoms with Gasteiger partial charge in [0.05, 0.1) is 6.61 Å². The first kappa shape index (κ1) is 15.3. The molecule has 0 fully saturated rings. The van der Waals surface area contributed by atoms with E-state index in [9.17, 15) is 4.79 Å². The van der Waals surface area contributed by atoms with Gasteiger partial charge >= 0.3 is 6.03 Å². The van der Waals surface area contributed by atoms with E-state index in [1.165, 1.54) is 15.3 Å². The average Bonchev–Trinajstić information content (AvgIpc) is 2.91. The first-order valence-corrected chi connectivity index (χ1v) is 7.89. The fourth-order valence-corrected chi connectivity index (χ4v) is 3.29. The Morgan fingerprint density at radius 3 is 3.20 bits per heavy atom. The smallest absolute Gasteiger partial charge is 0.317 e. The summed E-state index contributed by atoms with van der Waals surface area (Å²) in [6, 6.07) is 2.39. The van der Waals surface area contributed by atoms with Crippen LogP contribution in [0.25, 0.3) is 0 Å². The second-order valence-electron chi connectivity index (χ2n) is 5.27. The summed E-state index contributed by atoms with van der Waals surface area (Å²) < 4.78 is 0. The zero-order valence-electron chi connectivity index (χ0n) is 12.1. The predicted octanol–water partition coefficient (Wildman–Crippen LogP) is 1.13. The topological polar surface area (TPSA) is 55.8 Å². The van der Waals surface area contributed by atoms with Crippen LogP contribution >= 0.6 is 11.3 Å². The summed E-state index contributed by atoms with van der Waals surface area (Å²) in [7, 11) is 1.69. The molecule has 1 aliphatic heterocycles. The molecule has 1 atom stereocenters. The SMILES string of the molecule is CC(CNC(=O)N(C)CCO)N1CCc2sccc2C1. The molecule has 0 spiro atoms. The van der Waals surface area contributed by atoms with Crippen molar-refractivity contribution in [2.45, 2.75) is 25.9 Å². The maximum atomic E-state index is 11.8. The van der Waals surface area contributed by atoms with Crippen molar-refractivity contribution in [1.82, 2.24) is 15.1 Å². The highest BCUT2D eigenvalue weighted by atomic mass is 32.1. The Morgan fingerprint density at radius 1 is 1.65 bits per heavy atom. The molecule has 0 saturated heterocycles. The molecule has 0 aromatic carbocycles. The zero-order valence-corrected chi connectivity index (χ0v) is 12.9. The van der Waals surface area contributed by atoms with Gasteiger partial charge in [0.2, 0.25) is 0 Å². The summed E-state index contributed by atoms with van der Waals surface area (Å²) >= 11 is 1.84. The van der Waals surface area contributed by atoms with Crippen molar-refractivity contribution in [2.75, 3.05) is 33.3 Å². The van der Waals surface area contributed by atoms with E-state index in [0.717, 1.165) is 19.5 Å². The minimum atomic E-state index is -0.126. The van der Waals surface area contributed by atoms with E-state index in [4.69, 9.17) is 5.11 Å². The van der Waals surface area contributed by atoms with Crippen LogP contribution in [0.1, 0.15) is 17.4 Å². The van der Waals surface area contributed by atoms with E-state index in [1.54, 1.807) is 7.05 Å². The fraction of sp³-hybridized carbons (Fsp3) is 0.643. The highest BCUT2D eigenvalue weighted by molar-refractivity contribution is 7.10. The molecule has 1 aromatic rings. The lowest BCUT2D eigenvalue weighted by molar-refractivity contribution is 0.171. The highest BCUT2D eigenvalue weighted by Crippen LogP contribution is 2.24. The van der Waals surface area contributed by atoms with Gasteiger partial charge < -0.3 is 15.3 Å². The van der Waals surface area contributed by atoms with Crippen LogP contribution in [0.15, 0.2) is 11.4 Å². The molecule has 20 heavy (non-hydrogen) atoms. The lowest BCUT2D eigenvalue weighted by Crippen LogP contribution is -2.47. The van der Waals surface area contributed by atoms with E-state index in [2.05, 4.69) is 28.6 Å². The third-order valence-corrected chi connectivity index (χ3v) is 4.81. The maximum absolute atomic E-state index is 11.8. The summed E-state index contributed by atoms with van der Waals surface area (Å²) in [5.41, 5.74) is 1.43. The second-order valence-corrected chi connectivity index (χ2v) is 6.27. The third-order valence-electron chi connectivity index (χ3n) is 3.79. The van der Waals surface area contributed by atoms with Crippen molar-refractivity contribution in [1.29, 1.82) is 0 Å². The minimum Gasteiger partial charge on any atom is -0.395 e. The van der Waals surface area contributed by atoms with E-state index in [1.807, 2.05) is 11.3 Å². The van der Waals surface area contributed by atoms with Gasteiger partial charge in [0.1, 0.15) is 0 Å². The van der Waals surface area contributed by atoms with Crippen LogP contribution in [0.4, 0.5) is 4.79 Å². The average molecular weight is 297 g/mol. The van der Waals surface area contributed by atoms with Crippen LogP contribution in [0.5, 0.6) is 0 Å². The first-order chi connectivity index (χ1) is 9.61. The van der Waals surface area contributed by atoms with Crippen LogP contribution in [0.3, 0.4) is 0 Å². The normalized spacial score (nSPS) is 16.6. The summed E-state index contributed by atoms with van der Waals surface area (Å²) in [5.74, 6) is 0. The molecule has 2 N–H and O–H groups in total. The molecule has 0 aliphatic carbocycles. The Labute approximate surface area is 124 Å². The summed E-state index contributed by atoms with van der Waals surface area (Å²) in [6.45, 7) is 5.16. The van der Waals surface area contributed by atoms with Crippen LogP contribution < -0.4 is 5.32 Å². The van der Waals surface area contributed by atoms with Gasteiger partial charge in [-0.2, -0.15) is 0 Å². The number of thiophene rings is 1. The van der Waals surface area contributed by atoms with Crippen molar-refractivity contribution in [3.05, 3.63) is 21.9 Å². The van der Waals surface area contributed by atoms with E-state index >= 15 is 0 Å². The Balaban J connectivity index is 1.78. The van der Waals surface area contributed by atoms with Crippen LogP contribution in [-0.2, 0) is 13.0 Å². The molecule has 2 rings (SSSR count). The summed E-state index contributed by atoms with van der Waals surface area (Å²) in [6.07, 6.45) is 1.11. The number of fused-ring (bicyclic) bond motifs is 1. The number of nitrogens with one attached hydrogen (secondary N) is 1. The number of rotatable bonds is 5. The number of likely N-dealkylation sites (N-methyl/N-ethyl adjacent to an activating group) is 1. The van der Waals surface area contributed by atoms with Crippen molar-refractivity contribution in [3.8, 4) is 0 Å². The van der Waals surface area contributed by atoms with Gasteiger partial charge in [-0.05, 0) is 30.4 Å². The van der Waals surface area contributed by atoms with Gasteiger partial charge in [0.25, 0.3) is 0 Å². The lowest BCUT2D eigenvalue weighted by atomic mass is 10.1. The Bertz CT molecular complexity index is 449. The molecule has 0 radical (unpaired) electrons. The van der Waals surface area contributed by atoms with E-state index < -0.39 is 0 Å². The quantitative estimate of drug-likeness (QED) is 0.856. The molecule has 6 heteroatoms. The maximum Gasteiger partial charge on any atom is 0.317 e.